The lowest BCUT2D eigenvalue weighted by atomic mass is 10.1. The molecule has 0 amide bonds. The molecule has 0 saturated carbocycles. The van der Waals surface area contributed by atoms with E-state index in [2.05, 4.69) is 23.2 Å². The highest BCUT2D eigenvalue weighted by Crippen LogP contribution is 2.21. The fourth-order valence-corrected chi connectivity index (χ4v) is 2.15. The average Bonchev–Trinajstić information content (AvgIpc) is 2.45. The van der Waals surface area contributed by atoms with E-state index in [-0.39, 0.29) is 0 Å². The molecule has 0 spiro atoms. The molecule has 2 aromatic carbocycles. The molecule has 0 saturated heterocycles. The third-order valence-electron chi connectivity index (χ3n) is 2.92. The quantitative estimate of drug-likeness (QED) is 0.655. The van der Waals surface area contributed by atoms with Crippen LogP contribution in [0.5, 0.6) is 5.75 Å². The fourth-order valence-electron chi connectivity index (χ4n) is 1.96. The lowest BCUT2D eigenvalue weighted by molar-refractivity contribution is 0.306. The summed E-state index contributed by atoms with van der Waals surface area (Å²) >= 11 is 5.84. The van der Waals surface area contributed by atoms with Crippen LogP contribution in [0.3, 0.4) is 0 Å². The molecule has 1 aromatic heterocycles. The van der Waals surface area contributed by atoms with Gasteiger partial charge in [-0.25, -0.2) is 4.98 Å². The van der Waals surface area contributed by atoms with Crippen LogP contribution in [0.1, 0.15) is 5.56 Å². The van der Waals surface area contributed by atoms with E-state index in [9.17, 15) is 0 Å². The molecule has 0 aliphatic rings. The van der Waals surface area contributed by atoms with E-state index < -0.39 is 0 Å². The highest BCUT2D eigenvalue weighted by Gasteiger charge is 1.99. The van der Waals surface area contributed by atoms with Gasteiger partial charge in [0.15, 0.2) is 0 Å². The van der Waals surface area contributed by atoms with Crippen LogP contribution in [-0.2, 0) is 6.61 Å². The Bertz CT molecular complexity index is 712. The predicted molar refractivity (Wildman–Crippen MR) is 77.5 cm³/mol. The predicted octanol–water partition coefficient (Wildman–Crippen LogP) is 4.47. The molecule has 0 aliphatic carbocycles. The maximum absolute atomic E-state index is 5.84. The first-order chi connectivity index (χ1) is 9.31. The van der Waals surface area contributed by atoms with Crippen molar-refractivity contribution in [3.63, 3.8) is 0 Å². The third kappa shape index (κ3) is 2.85. The van der Waals surface area contributed by atoms with Crippen molar-refractivity contribution in [3.8, 4) is 5.75 Å². The van der Waals surface area contributed by atoms with Crippen molar-refractivity contribution in [1.82, 2.24) is 4.98 Å². The van der Waals surface area contributed by atoms with E-state index in [0.29, 0.717) is 11.8 Å². The number of ether oxygens (including phenoxy) is 1. The number of halogens is 1. The summed E-state index contributed by atoms with van der Waals surface area (Å²) in [6.07, 6.45) is 1.68. The maximum Gasteiger partial charge on any atom is 0.129 e. The highest BCUT2D eigenvalue weighted by molar-refractivity contribution is 6.29. The van der Waals surface area contributed by atoms with Gasteiger partial charge in [-0.3, -0.25) is 0 Å². The number of benzene rings is 2. The monoisotopic (exact) mass is 269 g/mol. The second kappa shape index (κ2) is 5.29. The van der Waals surface area contributed by atoms with Crippen molar-refractivity contribution < 1.29 is 4.74 Å². The molecule has 94 valence electrons. The Morgan fingerprint density at radius 3 is 2.63 bits per heavy atom. The normalized spacial score (nSPS) is 10.6. The van der Waals surface area contributed by atoms with E-state index in [1.54, 1.807) is 6.20 Å². The van der Waals surface area contributed by atoms with E-state index in [1.165, 1.54) is 10.8 Å². The zero-order valence-corrected chi connectivity index (χ0v) is 11.0. The molecule has 3 rings (SSSR count). The molecule has 0 bridgehead atoms. The topological polar surface area (TPSA) is 22.1 Å². The molecule has 1 heterocycles. The van der Waals surface area contributed by atoms with Gasteiger partial charge in [-0.15, -0.1) is 0 Å². The Morgan fingerprint density at radius 1 is 0.947 bits per heavy atom. The number of fused-ring (bicyclic) bond motifs is 1. The van der Waals surface area contributed by atoms with Gasteiger partial charge in [-0.2, -0.15) is 0 Å². The van der Waals surface area contributed by atoms with Gasteiger partial charge >= 0.3 is 0 Å². The van der Waals surface area contributed by atoms with Gasteiger partial charge < -0.3 is 4.74 Å². The summed E-state index contributed by atoms with van der Waals surface area (Å²) in [5, 5.41) is 2.87. The minimum Gasteiger partial charge on any atom is -0.489 e. The summed E-state index contributed by atoms with van der Waals surface area (Å²) in [5.74, 6) is 0.853. The van der Waals surface area contributed by atoms with Crippen LogP contribution in [0.2, 0.25) is 5.15 Å². The Balaban J connectivity index is 1.78. The second-order valence-corrected chi connectivity index (χ2v) is 4.67. The number of hydrogen-bond acceptors (Lipinski definition) is 2. The van der Waals surface area contributed by atoms with Gasteiger partial charge in [0.2, 0.25) is 0 Å². The fraction of sp³-hybridized carbons (Fsp3) is 0.0625. The van der Waals surface area contributed by atoms with Crippen LogP contribution >= 0.6 is 11.6 Å². The third-order valence-corrected chi connectivity index (χ3v) is 3.12. The van der Waals surface area contributed by atoms with Gasteiger partial charge in [0.05, 0.1) is 0 Å². The first-order valence-electron chi connectivity index (χ1n) is 6.03. The molecule has 0 radical (unpaired) electrons. The Labute approximate surface area is 116 Å². The number of pyridine rings is 1. The van der Waals surface area contributed by atoms with Crippen LogP contribution in [0, 0.1) is 0 Å². The molecule has 0 atom stereocenters. The first kappa shape index (κ1) is 12.0. The van der Waals surface area contributed by atoms with E-state index >= 15 is 0 Å². The van der Waals surface area contributed by atoms with Crippen LogP contribution < -0.4 is 4.74 Å². The van der Waals surface area contributed by atoms with Gasteiger partial charge in [-0.1, -0.05) is 41.9 Å². The Morgan fingerprint density at radius 2 is 1.79 bits per heavy atom. The number of rotatable bonds is 3. The van der Waals surface area contributed by atoms with E-state index in [0.717, 1.165) is 11.3 Å². The first-order valence-corrected chi connectivity index (χ1v) is 6.41. The minimum absolute atomic E-state index is 0.486. The molecule has 2 nitrogen and oxygen atoms in total. The largest absolute Gasteiger partial charge is 0.489 e. The van der Waals surface area contributed by atoms with Gasteiger partial charge in [0.25, 0.3) is 0 Å². The standard InChI is InChI=1S/C16H12ClNO/c17-16-9-12(7-8-18-16)11-19-15-6-5-13-3-1-2-4-14(13)10-15/h1-10H,11H2. The molecule has 0 fully saturated rings. The number of nitrogens with zero attached hydrogens (tertiary/aromatic N) is 1. The highest BCUT2D eigenvalue weighted by atomic mass is 35.5. The van der Waals surface area contributed by atoms with Crippen molar-refractivity contribution in [2.75, 3.05) is 0 Å². The molecule has 0 aliphatic heterocycles. The van der Waals surface area contributed by atoms with Gasteiger partial charge in [-0.05, 0) is 40.6 Å². The average molecular weight is 270 g/mol. The van der Waals surface area contributed by atoms with Crippen LogP contribution in [0.4, 0.5) is 0 Å². The lowest BCUT2D eigenvalue weighted by Gasteiger charge is -2.07. The molecular weight excluding hydrogens is 258 g/mol. The van der Waals surface area contributed by atoms with Crippen molar-refractivity contribution in [2.24, 2.45) is 0 Å². The smallest absolute Gasteiger partial charge is 0.129 e. The summed E-state index contributed by atoms with van der Waals surface area (Å²) in [6, 6.07) is 18.0. The summed E-state index contributed by atoms with van der Waals surface area (Å²) in [6.45, 7) is 0.487. The molecule has 0 N–H and O–H groups in total. The summed E-state index contributed by atoms with van der Waals surface area (Å²) in [4.78, 5) is 3.95. The number of aromatic nitrogens is 1. The van der Waals surface area contributed by atoms with Crippen LogP contribution in [-0.4, -0.2) is 4.98 Å². The molecule has 0 unspecified atom stereocenters. The maximum atomic E-state index is 5.84. The van der Waals surface area contributed by atoms with Crippen molar-refractivity contribution in [2.45, 2.75) is 6.61 Å². The van der Waals surface area contributed by atoms with Crippen LogP contribution in [0.25, 0.3) is 10.8 Å². The number of hydrogen-bond donors (Lipinski definition) is 0. The second-order valence-electron chi connectivity index (χ2n) is 4.28. The Kier molecular flexibility index (Phi) is 3.34. The molecule has 3 heteroatoms. The summed E-state index contributed by atoms with van der Waals surface area (Å²) in [5.41, 5.74) is 1.01. The molecule has 3 aromatic rings. The van der Waals surface area contributed by atoms with Gasteiger partial charge in [0, 0.05) is 6.20 Å². The minimum atomic E-state index is 0.486. The van der Waals surface area contributed by atoms with Crippen molar-refractivity contribution in [3.05, 3.63) is 71.5 Å². The molecule has 19 heavy (non-hydrogen) atoms. The van der Waals surface area contributed by atoms with Crippen molar-refractivity contribution in [1.29, 1.82) is 0 Å². The zero-order valence-electron chi connectivity index (χ0n) is 10.2. The lowest BCUT2D eigenvalue weighted by Crippen LogP contribution is -1.95. The molecular formula is C16H12ClNO. The summed E-state index contributed by atoms with van der Waals surface area (Å²) in [7, 11) is 0. The Hall–Kier alpha value is -2.06. The van der Waals surface area contributed by atoms with Gasteiger partial charge in [0.1, 0.15) is 17.5 Å². The van der Waals surface area contributed by atoms with E-state index in [4.69, 9.17) is 16.3 Å². The zero-order chi connectivity index (χ0) is 13.1. The van der Waals surface area contributed by atoms with Crippen LogP contribution in [0.15, 0.2) is 60.8 Å². The van der Waals surface area contributed by atoms with Crippen molar-refractivity contribution >= 4 is 22.4 Å². The summed E-state index contributed by atoms with van der Waals surface area (Å²) < 4.78 is 5.77. The SMILES string of the molecule is Clc1cc(COc2ccc3ccccc3c2)ccn1. The van der Waals surface area contributed by atoms with E-state index in [1.807, 2.05) is 36.4 Å².